The van der Waals surface area contributed by atoms with Gasteiger partial charge < -0.3 is 15.0 Å². The number of amides is 1. The molecule has 1 fully saturated rings. The summed E-state index contributed by atoms with van der Waals surface area (Å²) >= 11 is 3.46. The van der Waals surface area contributed by atoms with E-state index in [1.54, 1.807) is 17.2 Å². The van der Waals surface area contributed by atoms with Gasteiger partial charge in [-0.05, 0) is 34.1 Å². The first-order valence-electron chi connectivity index (χ1n) is 6.95. The number of para-hydroxylation sites is 1. The summed E-state index contributed by atoms with van der Waals surface area (Å²) in [6, 6.07) is 9.29. The lowest BCUT2D eigenvalue weighted by Gasteiger charge is -2.26. The topological polar surface area (TPSA) is 67.4 Å². The molecule has 2 aromatic rings. The van der Waals surface area contributed by atoms with Crippen LogP contribution in [-0.4, -0.2) is 47.1 Å². The monoisotopic (exact) mass is 362 g/mol. The first-order chi connectivity index (χ1) is 10.7. The summed E-state index contributed by atoms with van der Waals surface area (Å²) < 4.78 is 6.16. The highest BCUT2D eigenvalue weighted by Crippen LogP contribution is 2.23. The average molecular weight is 363 g/mol. The Balaban J connectivity index is 1.77. The number of carbonyl (C=O) groups is 1. The van der Waals surface area contributed by atoms with E-state index < -0.39 is 0 Å². The van der Waals surface area contributed by atoms with Gasteiger partial charge in [0.25, 0.3) is 5.91 Å². The number of morpholine rings is 1. The van der Waals surface area contributed by atoms with Crippen LogP contribution in [0.15, 0.2) is 41.0 Å². The molecule has 0 radical (unpaired) electrons. The van der Waals surface area contributed by atoms with Crippen LogP contribution in [0.3, 0.4) is 0 Å². The first-order valence-corrected chi connectivity index (χ1v) is 7.75. The molecule has 1 saturated heterocycles. The van der Waals surface area contributed by atoms with Crippen LogP contribution in [0.2, 0.25) is 0 Å². The number of aromatic nitrogens is 2. The van der Waals surface area contributed by atoms with Gasteiger partial charge in [0.15, 0.2) is 0 Å². The Morgan fingerprint density at radius 1 is 1.23 bits per heavy atom. The molecule has 1 amide bonds. The average Bonchev–Trinajstić information content (AvgIpc) is 2.57. The molecule has 22 heavy (non-hydrogen) atoms. The molecule has 1 aliphatic heterocycles. The summed E-state index contributed by atoms with van der Waals surface area (Å²) in [5, 5.41) is 3.11. The van der Waals surface area contributed by atoms with Gasteiger partial charge in [0, 0.05) is 23.8 Å². The van der Waals surface area contributed by atoms with Crippen LogP contribution in [0, 0.1) is 0 Å². The predicted octanol–water partition coefficient (Wildman–Crippen LogP) is 2.46. The van der Waals surface area contributed by atoms with Crippen LogP contribution in [0.4, 0.5) is 11.6 Å². The minimum Gasteiger partial charge on any atom is -0.378 e. The summed E-state index contributed by atoms with van der Waals surface area (Å²) in [4.78, 5) is 22.6. The van der Waals surface area contributed by atoms with Gasteiger partial charge in [0.2, 0.25) is 5.95 Å². The lowest BCUT2D eigenvalue weighted by molar-refractivity contribution is 0.0299. The van der Waals surface area contributed by atoms with E-state index in [9.17, 15) is 4.79 Å². The van der Waals surface area contributed by atoms with Gasteiger partial charge in [-0.1, -0.05) is 12.1 Å². The third-order valence-electron chi connectivity index (χ3n) is 3.29. The van der Waals surface area contributed by atoms with Crippen molar-refractivity contribution in [2.75, 3.05) is 31.6 Å². The largest absolute Gasteiger partial charge is 0.378 e. The van der Waals surface area contributed by atoms with E-state index in [2.05, 4.69) is 31.2 Å². The molecule has 6 nitrogen and oxygen atoms in total. The van der Waals surface area contributed by atoms with Crippen molar-refractivity contribution in [1.82, 2.24) is 14.9 Å². The second-order valence-corrected chi connectivity index (χ2v) is 5.63. The number of nitrogens with zero attached hydrogens (tertiary/aromatic N) is 3. The minimum atomic E-state index is -0.0964. The number of halogens is 1. The van der Waals surface area contributed by atoms with Crippen molar-refractivity contribution in [1.29, 1.82) is 0 Å². The number of carbonyl (C=O) groups excluding carboxylic acids is 1. The third-order valence-corrected chi connectivity index (χ3v) is 3.98. The highest BCUT2D eigenvalue weighted by atomic mass is 79.9. The summed E-state index contributed by atoms with van der Waals surface area (Å²) in [6.07, 6.45) is 1.58. The number of ether oxygens (including phenoxy) is 1. The molecule has 1 N–H and O–H groups in total. The van der Waals surface area contributed by atoms with Gasteiger partial charge in [0.05, 0.1) is 18.9 Å². The fraction of sp³-hybridized carbons (Fsp3) is 0.267. The minimum absolute atomic E-state index is 0.0964. The molecule has 2 heterocycles. The van der Waals surface area contributed by atoms with E-state index in [0.29, 0.717) is 37.9 Å². The highest BCUT2D eigenvalue weighted by molar-refractivity contribution is 9.10. The Hall–Kier alpha value is -1.99. The SMILES string of the molecule is O=C(c1ccnc(Nc2ccccc2Br)n1)N1CCOCC1. The summed E-state index contributed by atoms with van der Waals surface area (Å²) in [6.45, 7) is 2.32. The van der Waals surface area contributed by atoms with Crippen LogP contribution in [-0.2, 0) is 4.74 Å². The highest BCUT2D eigenvalue weighted by Gasteiger charge is 2.20. The number of hydrogen-bond acceptors (Lipinski definition) is 5. The molecule has 0 bridgehead atoms. The molecule has 7 heteroatoms. The Morgan fingerprint density at radius 3 is 2.77 bits per heavy atom. The Bertz CT molecular complexity index is 674. The molecule has 1 aliphatic rings. The van der Waals surface area contributed by atoms with Crippen molar-refractivity contribution < 1.29 is 9.53 Å². The van der Waals surface area contributed by atoms with Crippen molar-refractivity contribution in [2.45, 2.75) is 0 Å². The normalized spacial score (nSPS) is 14.7. The molecule has 0 aliphatic carbocycles. The van der Waals surface area contributed by atoms with Crippen LogP contribution < -0.4 is 5.32 Å². The molecular weight excluding hydrogens is 348 g/mol. The fourth-order valence-corrected chi connectivity index (χ4v) is 2.53. The lowest BCUT2D eigenvalue weighted by Crippen LogP contribution is -2.41. The number of rotatable bonds is 3. The summed E-state index contributed by atoms with van der Waals surface area (Å²) in [7, 11) is 0. The van der Waals surface area contributed by atoms with Gasteiger partial charge in [-0.3, -0.25) is 4.79 Å². The van der Waals surface area contributed by atoms with Gasteiger partial charge >= 0.3 is 0 Å². The predicted molar refractivity (Wildman–Crippen MR) is 86.2 cm³/mol. The van der Waals surface area contributed by atoms with Crippen LogP contribution in [0.5, 0.6) is 0 Å². The van der Waals surface area contributed by atoms with Crippen molar-refractivity contribution in [3.8, 4) is 0 Å². The molecule has 3 rings (SSSR count). The third kappa shape index (κ3) is 3.42. The lowest BCUT2D eigenvalue weighted by atomic mass is 10.3. The zero-order valence-electron chi connectivity index (χ0n) is 11.8. The van der Waals surface area contributed by atoms with Gasteiger partial charge in [-0.2, -0.15) is 0 Å². The Kier molecular flexibility index (Phi) is 4.65. The van der Waals surface area contributed by atoms with E-state index in [0.717, 1.165) is 10.2 Å². The molecular formula is C15H15BrN4O2. The molecule has 1 aromatic heterocycles. The standard InChI is InChI=1S/C15H15BrN4O2/c16-11-3-1-2-4-12(11)18-15-17-6-5-13(19-15)14(21)20-7-9-22-10-8-20/h1-6H,7-10H2,(H,17,18,19). The van der Waals surface area contributed by atoms with Gasteiger partial charge in [-0.25, -0.2) is 9.97 Å². The fourth-order valence-electron chi connectivity index (χ4n) is 2.15. The smallest absolute Gasteiger partial charge is 0.272 e. The number of nitrogens with one attached hydrogen (secondary N) is 1. The maximum atomic E-state index is 12.4. The molecule has 114 valence electrons. The van der Waals surface area contributed by atoms with E-state index in [4.69, 9.17) is 4.74 Å². The molecule has 0 saturated carbocycles. The van der Waals surface area contributed by atoms with Crippen LogP contribution in [0.1, 0.15) is 10.5 Å². The van der Waals surface area contributed by atoms with Gasteiger partial charge in [-0.15, -0.1) is 0 Å². The maximum Gasteiger partial charge on any atom is 0.272 e. The van der Waals surface area contributed by atoms with E-state index in [1.165, 1.54) is 0 Å². The van der Waals surface area contributed by atoms with Crippen molar-refractivity contribution in [3.63, 3.8) is 0 Å². The van der Waals surface area contributed by atoms with E-state index in [1.807, 2.05) is 24.3 Å². The first kappa shape index (κ1) is 14.9. The molecule has 0 spiro atoms. The molecule has 0 atom stereocenters. The second kappa shape index (κ2) is 6.85. The van der Waals surface area contributed by atoms with Gasteiger partial charge in [0.1, 0.15) is 5.69 Å². The Morgan fingerprint density at radius 2 is 2.00 bits per heavy atom. The van der Waals surface area contributed by atoms with E-state index in [-0.39, 0.29) is 5.91 Å². The van der Waals surface area contributed by atoms with Crippen LogP contribution >= 0.6 is 15.9 Å². The van der Waals surface area contributed by atoms with E-state index >= 15 is 0 Å². The number of hydrogen-bond donors (Lipinski definition) is 1. The van der Waals surface area contributed by atoms with Crippen molar-refractivity contribution in [3.05, 3.63) is 46.7 Å². The van der Waals surface area contributed by atoms with Crippen LogP contribution in [0.25, 0.3) is 0 Å². The zero-order chi connectivity index (χ0) is 15.4. The maximum absolute atomic E-state index is 12.4. The molecule has 0 unspecified atom stereocenters. The number of benzene rings is 1. The summed E-state index contributed by atoms with van der Waals surface area (Å²) in [5.74, 6) is 0.298. The molecule has 1 aromatic carbocycles. The van der Waals surface area contributed by atoms with Crippen molar-refractivity contribution in [2.24, 2.45) is 0 Å². The second-order valence-electron chi connectivity index (χ2n) is 4.77. The Labute approximate surface area is 136 Å². The zero-order valence-corrected chi connectivity index (χ0v) is 13.4. The van der Waals surface area contributed by atoms with Crippen molar-refractivity contribution >= 4 is 33.5 Å². The number of anilines is 2. The summed E-state index contributed by atoms with van der Waals surface area (Å²) in [5.41, 5.74) is 1.23. The quantitative estimate of drug-likeness (QED) is 0.908.